The number of aryl methyl sites for hydroxylation is 1. The molecular formula is C19H26O2. The predicted octanol–water partition coefficient (Wildman–Crippen LogP) is 4.08. The fourth-order valence-electron chi connectivity index (χ4n) is 4.43. The largest absolute Gasteiger partial charge is 0.497 e. The van der Waals surface area contributed by atoms with Crippen molar-refractivity contribution in [1.29, 1.82) is 0 Å². The van der Waals surface area contributed by atoms with Gasteiger partial charge in [-0.05, 0) is 80.0 Å². The molecular weight excluding hydrogens is 260 g/mol. The van der Waals surface area contributed by atoms with Gasteiger partial charge in [-0.15, -0.1) is 0 Å². The van der Waals surface area contributed by atoms with Crippen molar-refractivity contribution < 1.29 is 9.84 Å². The first kappa shape index (κ1) is 14.6. The van der Waals surface area contributed by atoms with Gasteiger partial charge in [-0.3, -0.25) is 0 Å². The van der Waals surface area contributed by atoms with Crippen LogP contribution in [0.15, 0.2) is 30.4 Å². The highest BCUT2D eigenvalue weighted by Gasteiger charge is 2.38. The molecule has 2 aliphatic carbocycles. The highest BCUT2D eigenvalue weighted by Crippen LogP contribution is 2.48. The van der Waals surface area contributed by atoms with Crippen molar-refractivity contribution in [3.05, 3.63) is 41.5 Å². The maximum absolute atomic E-state index is 10.3. The number of ether oxygens (including phenoxy) is 1. The first-order valence-electron chi connectivity index (χ1n) is 8.10. The molecule has 1 fully saturated rings. The smallest absolute Gasteiger partial charge is 0.119 e. The van der Waals surface area contributed by atoms with E-state index in [1.54, 1.807) is 7.11 Å². The van der Waals surface area contributed by atoms with Crippen molar-refractivity contribution >= 4 is 0 Å². The summed E-state index contributed by atoms with van der Waals surface area (Å²) in [4.78, 5) is 0. The third kappa shape index (κ3) is 2.74. The zero-order chi connectivity index (χ0) is 15.0. The molecule has 0 amide bonds. The SMILES string of the molecule is C=C(C)[C@@H]1CC[C@@H](O)C[C@H]2c3ccc(OC)cc3CC[C@H]12. The highest BCUT2D eigenvalue weighted by atomic mass is 16.5. The Bertz CT molecular complexity index is 534. The Morgan fingerprint density at radius 3 is 2.81 bits per heavy atom. The van der Waals surface area contributed by atoms with Crippen molar-refractivity contribution in [3.8, 4) is 5.75 Å². The highest BCUT2D eigenvalue weighted by molar-refractivity contribution is 5.40. The molecule has 0 saturated heterocycles. The van der Waals surface area contributed by atoms with E-state index in [1.807, 2.05) is 0 Å². The normalized spacial score (nSPS) is 31.8. The van der Waals surface area contributed by atoms with Gasteiger partial charge in [-0.2, -0.15) is 0 Å². The first-order valence-corrected chi connectivity index (χ1v) is 8.10. The summed E-state index contributed by atoms with van der Waals surface area (Å²) in [5.41, 5.74) is 4.13. The van der Waals surface area contributed by atoms with Gasteiger partial charge in [-0.1, -0.05) is 18.2 Å². The molecule has 4 atom stereocenters. The van der Waals surface area contributed by atoms with Crippen molar-refractivity contribution in [3.63, 3.8) is 0 Å². The van der Waals surface area contributed by atoms with E-state index in [0.29, 0.717) is 17.8 Å². The summed E-state index contributed by atoms with van der Waals surface area (Å²) in [6.07, 6.45) is 5.05. The second kappa shape index (κ2) is 5.84. The summed E-state index contributed by atoms with van der Waals surface area (Å²) >= 11 is 0. The van der Waals surface area contributed by atoms with Crippen molar-refractivity contribution in [2.75, 3.05) is 7.11 Å². The lowest BCUT2D eigenvalue weighted by Gasteiger charge is -2.37. The van der Waals surface area contributed by atoms with Gasteiger partial charge >= 0.3 is 0 Å². The van der Waals surface area contributed by atoms with Crippen molar-refractivity contribution in [2.45, 2.75) is 51.0 Å². The summed E-state index contributed by atoms with van der Waals surface area (Å²) in [7, 11) is 1.72. The minimum Gasteiger partial charge on any atom is -0.497 e. The third-order valence-corrected chi connectivity index (χ3v) is 5.50. The Morgan fingerprint density at radius 1 is 1.29 bits per heavy atom. The zero-order valence-electron chi connectivity index (χ0n) is 13.1. The molecule has 1 saturated carbocycles. The molecule has 1 aromatic rings. The first-order chi connectivity index (χ1) is 10.1. The summed E-state index contributed by atoms with van der Waals surface area (Å²) in [5, 5.41) is 10.3. The van der Waals surface area contributed by atoms with Gasteiger partial charge in [0.1, 0.15) is 5.75 Å². The number of rotatable bonds is 2. The number of benzene rings is 1. The molecule has 0 spiro atoms. The van der Waals surface area contributed by atoms with Crippen LogP contribution < -0.4 is 4.74 Å². The lowest BCUT2D eigenvalue weighted by molar-refractivity contribution is 0.147. The van der Waals surface area contributed by atoms with Gasteiger partial charge in [0.25, 0.3) is 0 Å². The number of aliphatic hydroxyl groups is 1. The number of aliphatic hydroxyl groups excluding tert-OH is 1. The molecule has 21 heavy (non-hydrogen) atoms. The van der Waals surface area contributed by atoms with Crippen LogP contribution in [0.25, 0.3) is 0 Å². The summed E-state index contributed by atoms with van der Waals surface area (Å²) < 4.78 is 5.36. The molecule has 0 aromatic heterocycles. The minimum atomic E-state index is -0.171. The van der Waals surface area contributed by atoms with E-state index in [4.69, 9.17) is 4.74 Å². The molecule has 0 bridgehead atoms. The van der Waals surface area contributed by atoms with Gasteiger partial charge in [-0.25, -0.2) is 0 Å². The van der Waals surface area contributed by atoms with Crippen LogP contribution in [0.5, 0.6) is 5.75 Å². The maximum Gasteiger partial charge on any atom is 0.119 e. The monoisotopic (exact) mass is 286 g/mol. The summed E-state index contributed by atoms with van der Waals surface area (Å²) in [5.74, 6) is 2.61. The lowest BCUT2D eigenvalue weighted by Crippen LogP contribution is -2.27. The van der Waals surface area contributed by atoms with Crippen LogP contribution in [-0.2, 0) is 6.42 Å². The lowest BCUT2D eigenvalue weighted by atomic mass is 9.67. The molecule has 114 valence electrons. The molecule has 3 rings (SSSR count). The Balaban J connectivity index is 1.98. The van der Waals surface area contributed by atoms with Crippen LogP contribution >= 0.6 is 0 Å². The number of methoxy groups -OCH3 is 1. The molecule has 0 unspecified atom stereocenters. The fourth-order valence-corrected chi connectivity index (χ4v) is 4.43. The van der Waals surface area contributed by atoms with Crippen LogP contribution in [0.4, 0.5) is 0 Å². The number of hydrogen-bond donors (Lipinski definition) is 1. The van der Waals surface area contributed by atoms with Crippen LogP contribution in [-0.4, -0.2) is 18.3 Å². The summed E-state index contributed by atoms with van der Waals surface area (Å²) in [6, 6.07) is 6.46. The second-order valence-electron chi connectivity index (χ2n) is 6.79. The van der Waals surface area contributed by atoms with E-state index < -0.39 is 0 Å². The fraction of sp³-hybridized carbons (Fsp3) is 0.579. The number of allylic oxidation sites excluding steroid dienone is 1. The minimum absolute atomic E-state index is 0.171. The molecule has 0 radical (unpaired) electrons. The topological polar surface area (TPSA) is 29.5 Å². The molecule has 0 aliphatic heterocycles. The molecule has 2 aliphatic rings. The maximum atomic E-state index is 10.3. The standard InChI is InChI=1S/C19H26O2/c1-12(2)16-8-5-14(20)11-19-17-9-6-15(21-3)10-13(17)4-7-18(16)19/h6,9-10,14,16,18-20H,1,4-5,7-8,11H2,2-3H3/t14-,16+,18-,19+/m1/s1. The number of hydrogen-bond acceptors (Lipinski definition) is 2. The molecule has 0 heterocycles. The van der Waals surface area contributed by atoms with E-state index in [9.17, 15) is 5.11 Å². The quantitative estimate of drug-likeness (QED) is 0.830. The van der Waals surface area contributed by atoms with Crippen LogP contribution in [0.1, 0.15) is 49.7 Å². The van der Waals surface area contributed by atoms with E-state index >= 15 is 0 Å². The second-order valence-corrected chi connectivity index (χ2v) is 6.79. The average Bonchev–Trinajstić information content (AvgIpc) is 2.65. The van der Waals surface area contributed by atoms with Crippen LogP contribution in [0.3, 0.4) is 0 Å². The van der Waals surface area contributed by atoms with Gasteiger partial charge in [0.05, 0.1) is 13.2 Å². The van der Waals surface area contributed by atoms with Crippen molar-refractivity contribution in [1.82, 2.24) is 0 Å². The summed E-state index contributed by atoms with van der Waals surface area (Å²) in [6.45, 7) is 6.37. The van der Waals surface area contributed by atoms with Crippen LogP contribution in [0.2, 0.25) is 0 Å². The average molecular weight is 286 g/mol. The molecule has 2 heteroatoms. The molecule has 1 N–H and O–H groups in total. The van der Waals surface area contributed by atoms with Gasteiger partial charge < -0.3 is 9.84 Å². The zero-order valence-corrected chi connectivity index (χ0v) is 13.1. The Labute approximate surface area is 127 Å². The molecule has 2 nitrogen and oxygen atoms in total. The van der Waals surface area contributed by atoms with E-state index in [1.165, 1.54) is 23.1 Å². The van der Waals surface area contributed by atoms with E-state index in [2.05, 4.69) is 31.7 Å². The third-order valence-electron chi connectivity index (χ3n) is 5.50. The van der Waals surface area contributed by atoms with E-state index in [-0.39, 0.29) is 6.10 Å². The Kier molecular flexibility index (Phi) is 4.08. The van der Waals surface area contributed by atoms with Gasteiger partial charge in [0, 0.05) is 0 Å². The van der Waals surface area contributed by atoms with Gasteiger partial charge in [0.15, 0.2) is 0 Å². The van der Waals surface area contributed by atoms with E-state index in [0.717, 1.165) is 31.4 Å². The number of fused-ring (bicyclic) bond motifs is 3. The van der Waals surface area contributed by atoms with Gasteiger partial charge in [0.2, 0.25) is 0 Å². The van der Waals surface area contributed by atoms with Crippen molar-refractivity contribution in [2.24, 2.45) is 11.8 Å². The Hall–Kier alpha value is -1.28. The molecule has 1 aromatic carbocycles. The Morgan fingerprint density at radius 2 is 2.10 bits per heavy atom. The predicted molar refractivity (Wildman–Crippen MR) is 85.7 cm³/mol. The van der Waals surface area contributed by atoms with Crippen LogP contribution in [0, 0.1) is 11.8 Å².